The quantitative estimate of drug-likeness (QED) is 0.873. The number of nitrogens with two attached hydrogens (primary N) is 1. The van der Waals surface area contributed by atoms with E-state index in [-0.39, 0.29) is 12.1 Å². The Hall–Kier alpha value is -1.98. The van der Waals surface area contributed by atoms with E-state index >= 15 is 0 Å². The lowest BCUT2D eigenvalue weighted by molar-refractivity contribution is 0.0497. The molecule has 6 heteroatoms. The summed E-state index contributed by atoms with van der Waals surface area (Å²) >= 11 is 0. The first-order chi connectivity index (χ1) is 9.83. The average Bonchev–Trinajstić information content (AvgIpc) is 2.38. The van der Waals surface area contributed by atoms with Crippen molar-refractivity contribution in [2.24, 2.45) is 0 Å². The molecule has 1 aliphatic heterocycles. The highest BCUT2D eigenvalue weighted by molar-refractivity contribution is 5.68. The fraction of sp³-hybridized carbons (Fsp3) is 0.600. The molecule has 0 spiro atoms. The molecule has 1 aromatic rings. The monoisotopic (exact) mass is 292 g/mol. The second-order valence-corrected chi connectivity index (χ2v) is 6.36. The number of carbonyl (C=O) groups is 1. The van der Waals surface area contributed by atoms with Gasteiger partial charge in [-0.25, -0.2) is 9.78 Å². The van der Waals surface area contributed by atoms with Gasteiger partial charge in [0.15, 0.2) is 0 Å². The summed E-state index contributed by atoms with van der Waals surface area (Å²) in [6.45, 7) is 7.31. The van der Waals surface area contributed by atoms with Crippen LogP contribution in [0.4, 0.5) is 16.3 Å². The molecule has 6 nitrogen and oxygen atoms in total. The number of aromatic nitrogens is 1. The molecule has 0 atom stereocenters. The number of ether oxygens (including phenoxy) is 1. The summed E-state index contributed by atoms with van der Waals surface area (Å²) in [6, 6.07) is 3.94. The van der Waals surface area contributed by atoms with Gasteiger partial charge in [0, 0.05) is 19.1 Å². The second kappa shape index (κ2) is 6.20. The van der Waals surface area contributed by atoms with Gasteiger partial charge in [-0.15, -0.1) is 0 Å². The van der Waals surface area contributed by atoms with E-state index in [9.17, 15) is 4.79 Å². The number of amides is 1. The van der Waals surface area contributed by atoms with E-state index in [4.69, 9.17) is 10.5 Å². The normalized spacial score (nSPS) is 16.6. The Bertz CT molecular complexity index is 473. The Morgan fingerprint density at radius 3 is 2.57 bits per heavy atom. The van der Waals surface area contributed by atoms with Crippen molar-refractivity contribution in [3.63, 3.8) is 0 Å². The van der Waals surface area contributed by atoms with Gasteiger partial charge >= 0.3 is 6.09 Å². The van der Waals surface area contributed by atoms with Gasteiger partial charge in [-0.2, -0.15) is 0 Å². The van der Waals surface area contributed by atoms with Crippen LogP contribution in [0, 0.1) is 0 Å². The molecule has 1 aromatic heterocycles. The molecule has 0 radical (unpaired) electrons. The van der Waals surface area contributed by atoms with Crippen molar-refractivity contribution in [3.05, 3.63) is 18.3 Å². The predicted octanol–water partition coefficient (Wildman–Crippen LogP) is 2.16. The molecule has 1 amide bonds. The van der Waals surface area contributed by atoms with Gasteiger partial charge in [-0.05, 0) is 45.7 Å². The summed E-state index contributed by atoms with van der Waals surface area (Å²) in [4.78, 5) is 18.3. The Labute approximate surface area is 125 Å². The third-order valence-electron chi connectivity index (χ3n) is 3.31. The standard InChI is InChI=1S/C15H24N4O2/c1-15(2,3)21-14(20)18-12-6-8-19(9-7-12)13-5-4-11(16)10-17-13/h4-5,10,12H,6-9,16H2,1-3H3,(H,18,20). The van der Waals surface area contributed by atoms with Crippen molar-refractivity contribution in [1.82, 2.24) is 10.3 Å². The van der Waals surface area contributed by atoms with Crippen molar-refractivity contribution < 1.29 is 9.53 Å². The topological polar surface area (TPSA) is 80.5 Å². The van der Waals surface area contributed by atoms with Gasteiger partial charge in [0.2, 0.25) is 0 Å². The van der Waals surface area contributed by atoms with Crippen LogP contribution in [-0.2, 0) is 4.74 Å². The number of piperidine rings is 1. The van der Waals surface area contributed by atoms with Crippen molar-refractivity contribution in [2.75, 3.05) is 23.7 Å². The third kappa shape index (κ3) is 4.81. The summed E-state index contributed by atoms with van der Waals surface area (Å²) < 4.78 is 5.28. The lowest BCUT2D eigenvalue weighted by Gasteiger charge is -2.33. The zero-order valence-corrected chi connectivity index (χ0v) is 12.9. The molecule has 21 heavy (non-hydrogen) atoms. The van der Waals surface area contributed by atoms with Crippen LogP contribution in [0.1, 0.15) is 33.6 Å². The molecule has 0 bridgehead atoms. The molecule has 1 aliphatic rings. The minimum Gasteiger partial charge on any atom is -0.444 e. The van der Waals surface area contributed by atoms with Gasteiger partial charge < -0.3 is 20.7 Å². The Morgan fingerprint density at radius 2 is 2.05 bits per heavy atom. The fourth-order valence-corrected chi connectivity index (χ4v) is 2.31. The molecule has 0 aliphatic carbocycles. The molecule has 0 saturated carbocycles. The molecule has 0 aromatic carbocycles. The minimum absolute atomic E-state index is 0.157. The van der Waals surface area contributed by atoms with Gasteiger partial charge in [0.05, 0.1) is 11.9 Å². The van der Waals surface area contributed by atoms with Crippen LogP contribution in [0.3, 0.4) is 0 Å². The van der Waals surface area contributed by atoms with E-state index in [2.05, 4.69) is 15.2 Å². The molecule has 2 rings (SSSR count). The predicted molar refractivity (Wildman–Crippen MR) is 83.3 cm³/mol. The van der Waals surface area contributed by atoms with Gasteiger partial charge in [0.25, 0.3) is 0 Å². The van der Waals surface area contributed by atoms with Crippen molar-refractivity contribution in [1.29, 1.82) is 0 Å². The molecule has 116 valence electrons. The zero-order chi connectivity index (χ0) is 15.5. The lowest BCUT2D eigenvalue weighted by Crippen LogP contribution is -2.46. The van der Waals surface area contributed by atoms with Crippen LogP contribution in [0.5, 0.6) is 0 Å². The highest BCUT2D eigenvalue weighted by atomic mass is 16.6. The number of hydrogen-bond donors (Lipinski definition) is 2. The lowest BCUT2D eigenvalue weighted by atomic mass is 10.1. The zero-order valence-electron chi connectivity index (χ0n) is 12.9. The van der Waals surface area contributed by atoms with E-state index in [1.165, 1.54) is 0 Å². The molecule has 0 unspecified atom stereocenters. The summed E-state index contributed by atoms with van der Waals surface area (Å²) in [5, 5.41) is 2.93. The first-order valence-electron chi connectivity index (χ1n) is 7.29. The largest absolute Gasteiger partial charge is 0.444 e. The second-order valence-electron chi connectivity index (χ2n) is 6.36. The van der Waals surface area contributed by atoms with Crippen molar-refractivity contribution >= 4 is 17.6 Å². The average molecular weight is 292 g/mol. The smallest absolute Gasteiger partial charge is 0.407 e. The number of nitrogens with one attached hydrogen (secondary N) is 1. The number of carbonyl (C=O) groups excluding carboxylic acids is 1. The van der Waals surface area contributed by atoms with Gasteiger partial charge in [-0.1, -0.05) is 0 Å². The van der Waals surface area contributed by atoms with Crippen LogP contribution in [0.15, 0.2) is 18.3 Å². The highest BCUT2D eigenvalue weighted by Crippen LogP contribution is 2.19. The Kier molecular flexibility index (Phi) is 4.55. The SMILES string of the molecule is CC(C)(C)OC(=O)NC1CCN(c2ccc(N)cn2)CC1. The maximum atomic E-state index is 11.7. The van der Waals surface area contributed by atoms with Gasteiger partial charge in [0.1, 0.15) is 11.4 Å². The number of nitrogen functional groups attached to an aromatic ring is 1. The van der Waals surface area contributed by atoms with Crippen LogP contribution < -0.4 is 16.0 Å². The highest BCUT2D eigenvalue weighted by Gasteiger charge is 2.24. The number of anilines is 2. The van der Waals surface area contributed by atoms with Crippen LogP contribution in [0.25, 0.3) is 0 Å². The summed E-state index contributed by atoms with van der Waals surface area (Å²) in [7, 11) is 0. The van der Waals surface area contributed by atoms with Crippen molar-refractivity contribution in [2.45, 2.75) is 45.3 Å². The van der Waals surface area contributed by atoms with Crippen LogP contribution >= 0.6 is 0 Å². The van der Waals surface area contributed by atoms with E-state index in [0.29, 0.717) is 5.69 Å². The van der Waals surface area contributed by atoms with Crippen molar-refractivity contribution in [3.8, 4) is 0 Å². The maximum Gasteiger partial charge on any atom is 0.407 e. The van der Waals surface area contributed by atoms with E-state index in [1.807, 2.05) is 32.9 Å². The number of pyridine rings is 1. The molecular formula is C15H24N4O2. The third-order valence-corrected chi connectivity index (χ3v) is 3.31. The molecular weight excluding hydrogens is 268 g/mol. The number of hydrogen-bond acceptors (Lipinski definition) is 5. The Morgan fingerprint density at radius 1 is 1.38 bits per heavy atom. The first-order valence-corrected chi connectivity index (χ1v) is 7.29. The summed E-state index contributed by atoms with van der Waals surface area (Å²) in [5.74, 6) is 0.930. The Balaban J connectivity index is 1.80. The molecule has 2 heterocycles. The summed E-state index contributed by atoms with van der Waals surface area (Å²) in [6.07, 6.45) is 3.09. The van der Waals surface area contributed by atoms with E-state index in [0.717, 1.165) is 31.7 Å². The number of alkyl carbamates (subject to hydrolysis) is 1. The summed E-state index contributed by atoms with van der Waals surface area (Å²) in [5.41, 5.74) is 5.85. The number of nitrogens with zero attached hydrogens (tertiary/aromatic N) is 2. The fourth-order valence-electron chi connectivity index (χ4n) is 2.31. The molecule has 3 N–H and O–H groups in total. The number of rotatable bonds is 2. The van der Waals surface area contributed by atoms with Crippen LogP contribution in [0.2, 0.25) is 0 Å². The van der Waals surface area contributed by atoms with E-state index in [1.54, 1.807) is 6.20 Å². The van der Waals surface area contributed by atoms with Gasteiger partial charge in [-0.3, -0.25) is 0 Å². The minimum atomic E-state index is -0.460. The van der Waals surface area contributed by atoms with Crippen LogP contribution in [-0.4, -0.2) is 35.8 Å². The molecule has 1 fully saturated rings. The first kappa shape index (κ1) is 15.4. The molecule has 1 saturated heterocycles. The van der Waals surface area contributed by atoms with E-state index < -0.39 is 5.60 Å². The maximum absolute atomic E-state index is 11.7.